The molecule has 4 nitrogen and oxygen atoms in total. The Kier molecular flexibility index (Phi) is 4.43. The van der Waals surface area contributed by atoms with Crippen molar-refractivity contribution in [1.29, 1.82) is 0 Å². The van der Waals surface area contributed by atoms with Gasteiger partial charge < -0.3 is 5.11 Å². The van der Waals surface area contributed by atoms with Gasteiger partial charge in [0.25, 0.3) is 0 Å². The lowest BCUT2D eigenvalue weighted by Crippen LogP contribution is -2.00. The minimum atomic E-state index is -0.966. The lowest BCUT2D eigenvalue weighted by atomic mass is 10.4. The second-order valence-corrected chi connectivity index (χ2v) is 5.49. The van der Waals surface area contributed by atoms with Gasteiger partial charge in [-0.15, -0.1) is 10.2 Å². The van der Waals surface area contributed by atoms with E-state index in [0.29, 0.717) is 5.75 Å². The number of aromatic nitrogens is 2. The van der Waals surface area contributed by atoms with E-state index in [1.165, 1.54) is 34.9 Å². The summed E-state index contributed by atoms with van der Waals surface area (Å²) in [5.74, 6) is -0.620. The molecule has 0 aliphatic heterocycles. The quantitative estimate of drug-likeness (QED) is 0.635. The van der Waals surface area contributed by atoms with Crippen molar-refractivity contribution in [3.8, 4) is 0 Å². The van der Waals surface area contributed by atoms with E-state index < -0.39 is 5.97 Å². The third-order valence-corrected chi connectivity index (χ3v) is 4.35. The molecule has 0 aliphatic carbocycles. The minimum absolute atomic E-state index is 0.177. The third kappa shape index (κ3) is 3.32. The molecule has 1 N–H and O–H groups in total. The summed E-state index contributed by atoms with van der Waals surface area (Å²) in [4.78, 5) is 10.4. The van der Waals surface area contributed by atoms with Crippen LogP contribution in [0.4, 0.5) is 0 Å². The number of aliphatic carboxylic acids is 1. The van der Waals surface area contributed by atoms with Gasteiger partial charge in [0.05, 0.1) is 0 Å². The highest BCUT2D eigenvalue weighted by Crippen LogP contribution is 2.28. The summed E-state index contributed by atoms with van der Waals surface area (Å²) in [6.07, 6.45) is 1.92. The summed E-state index contributed by atoms with van der Waals surface area (Å²) in [6.45, 7) is 3.43. The maximum absolute atomic E-state index is 10.4. The van der Waals surface area contributed by atoms with Gasteiger partial charge in [0, 0.05) is 11.3 Å². The zero-order valence-electron chi connectivity index (χ0n) is 7.39. The monoisotopic (exact) mass is 248 g/mol. The van der Waals surface area contributed by atoms with E-state index in [1.54, 1.807) is 0 Å². The summed E-state index contributed by atoms with van der Waals surface area (Å²) in [5.41, 5.74) is 0.177. The molecular weight excluding hydrogens is 240 g/mol. The molecule has 76 valence electrons. The molecule has 0 spiro atoms. The summed E-state index contributed by atoms with van der Waals surface area (Å²) >= 11 is 4.32. The molecule has 0 bridgehead atoms. The summed E-state index contributed by atoms with van der Waals surface area (Å²) in [6, 6.07) is 0. The number of thioether (sulfide) groups is 2. The molecule has 0 aromatic carbocycles. The third-order valence-electron chi connectivity index (χ3n) is 1.23. The molecule has 0 atom stereocenters. The molecule has 0 unspecified atom stereocenters. The molecule has 1 heterocycles. The van der Waals surface area contributed by atoms with Crippen molar-refractivity contribution in [3.63, 3.8) is 0 Å². The predicted molar refractivity (Wildman–Crippen MR) is 59.2 cm³/mol. The van der Waals surface area contributed by atoms with E-state index in [0.717, 1.165) is 8.68 Å². The van der Waals surface area contributed by atoms with Crippen LogP contribution in [0, 0.1) is 0 Å². The molecule has 0 saturated carbocycles. The molecule has 0 amide bonds. The fourth-order valence-electron chi connectivity index (χ4n) is 0.549. The van der Waals surface area contributed by atoms with Crippen molar-refractivity contribution >= 4 is 40.8 Å². The summed E-state index contributed by atoms with van der Waals surface area (Å²) < 4.78 is 1.66. The molecular formula is C7H8N2O2S3. The highest BCUT2D eigenvalue weighted by atomic mass is 32.2. The maximum Gasteiger partial charge on any atom is 0.331 e. The van der Waals surface area contributed by atoms with Crippen LogP contribution in [-0.4, -0.2) is 33.3 Å². The van der Waals surface area contributed by atoms with Gasteiger partial charge in [-0.2, -0.15) is 0 Å². The Balaban J connectivity index is 2.45. The van der Waals surface area contributed by atoms with Crippen LogP contribution in [0.5, 0.6) is 0 Å². The first-order chi connectivity index (χ1) is 6.63. The molecule has 0 saturated heterocycles. The van der Waals surface area contributed by atoms with E-state index >= 15 is 0 Å². The average Bonchev–Trinajstić information content (AvgIpc) is 2.61. The minimum Gasteiger partial charge on any atom is -0.478 e. The van der Waals surface area contributed by atoms with Crippen LogP contribution in [0.3, 0.4) is 0 Å². The lowest BCUT2D eigenvalue weighted by molar-refractivity contribution is -0.132. The lowest BCUT2D eigenvalue weighted by Gasteiger charge is -1.95. The van der Waals surface area contributed by atoms with Crippen molar-refractivity contribution in [1.82, 2.24) is 10.2 Å². The average molecular weight is 248 g/mol. The fourth-order valence-corrected chi connectivity index (χ4v) is 2.88. The van der Waals surface area contributed by atoms with Crippen LogP contribution in [0.15, 0.2) is 20.8 Å². The SMILES string of the molecule is C=C(CSc1nnc(SC)s1)C(=O)O. The molecule has 7 heteroatoms. The van der Waals surface area contributed by atoms with Crippen molar-refractivity contribution in [2.24, 2.45) is 0 Å². The number of carboxylic acids is 1. The Labute approximate surface area is 93.8 Å². The molecule has 1 rings (SSSR count). The molecule has 0 fully saturated rings. The standard InChI is InChI=1S/C7H8N2O2S3/c1-4(5(10)11)3-13-7-9-8-6(12-2)14-7/h1,3H2,2H3,(H,10,11). The van der Waals surface area contributed by atoms with Gasteiger partial charge in [-0.25, -0.2) is 4.79 Å². The highest BCUT2D eigenvalue weighted by molar-refractivity contribution is 8.03. The first kappa shape index (κ1) is 11.5. The van der Waals surface area contributed by atoms with Crippen molar-refractivity contribution in [3.05, 3.63) is 12.2 Å². The van der Waals surface area contributed by atoms with Gasteiger partial charge in [-0.05, 0) is 6.26 Å². The van der Waals surface area contributed by atoms with Crippen LogP contribution in [0.2, 0.25) is 0 Å². The molecule has 0 aliphatic rings. The predicted octanol–water partition coefficient (Wildman–Crippen LogP) is 1.99. The topological polar surface area (TPSA) is 63.1 Å². The Morgan fingerprint density at radius 3 is 2.71 bits per heavy atom. The van der Waals surface area contributed by atoms with Crippen molar-refractivity contribution in [2.75, 3.05) is 12.0 Å². The van der Waals surface area contributed by atoms with E-state index in [1.807, 2.05) is 6.26 Å². The molecule has 14 heavy (non-hydrogen) atoms. The zero-order valence-corrected chi connectivity index (χ0v) is 9.84. The fraction of sp³-hybridized carbons (Fsp3) is 0.286. The van der Waals surface area contributed by atoms with E-state index in [4.69, 9.17) is 5.11 Å². The van der Waals surface area contributed by atoms with Gasteiger partial charge >= 0.3 is 5.97 Å². The highest BCUT2D eigenvalue weighted by Gasteiger charge is 2.08. The number of nitrogens with zero attached hydrogens (tertiary/aromatic N) is 2. The number of carboxylic acid groups (broad SMARTS) is 1. The van der Waals surface area contributed by atoms with Gasteiger partial charge in [-0.1, -0.05) is 41.4 Å². The number of rotatable bonds is 5. The Bertz CT molecular complexity index is 350. The van der Waals surface area contributed by atoms with E-state index in [9.17, 15) is 4.79 Å². The smallest absolute Gasteiger partial charge is 0.331 e. The molecule has 1 aromatic rings. The number of hydrogen-bond acceptors (Lipinski definition) is 6. The normalized spacial score (nSPS) is 10.1. The van der Waals surface area contributed by atoms with E-state index in [2.05, 4.69) is 16.8 Å². The van der Waals surface area contributed by atoms with Crippen LogP contribution in [0.25, 0.3) is 0 Å². The van der Waals surface area contributed by atoms with Crippen molar-refractivity contribution in [2.45, 2.75) is 8.68 Å². The molecule has 0 radical (unpaired) electrons. The Morgan fingerprint density at radius 2 is 2.21 bits per heavy atom. The van der Waals surface area contributed by atoms with Crippen LogP contribution >= 0.6 is 34.9 Å². The Morgan fingerprint density at radius 1 is 1.57 bits per heavy atom. The number of carbonyl (C=O) groups is 1. The van der Waals surface area contributed by atoms with Crippen LogP contribution in [-0.2, 0) is 4.79 Å². The Hall–Kier alpha value is -0.530. The van der Waals surface area contributed by atoms with E-state index in [-0.39, 0.29) is 5.57 Å². The summed E-state index contributed by atoms with van der Waals surface area (Å²) in [7, 11) is 0. The maximum atomic E-state index is 10.4. The van der Waals surface area contributed by atoms with Crippen molar-refractivity contribution < 1.29 is 9.90 Å². The van der Waals surface area contributed by atoms with Gasteiger partial charge in [0.1, 0.15) is 0 Å². The van der Waals surface area contributed by atoms with Crippen LogP contribution < -0.4 is 0 Å². The zero-order chi connectivity index (χ0) is 10.6. The van der Waals surface area contributed by atoms with Gasteiger partial charge in [0.2, 0.25) is 0 Å². The molecule has 1 aromatic heterocycles. The van der Waals surface area contributed by atoms with Crippen LogP contribution in [0.1, 0.15) is 0 Å². The second-order valence-electron chi connectivity index (χ2n) is 2.24. The first-order valence-electron chi connectivity index (χ1n) is 3.55. The van der Waals surface area contributed by atoms with Gasteiger partial charge in [-0.3, -0.25) is 0 Å². The second kappa shape index (κ2) is 5.38. The van der Waals surface area contributed by atoms with Gasteiger partial charge in [0.15, 0.2) is 8.68 Å². The number of hydrogen-bond donors (Lipinski definition) is 1. The largest absolute Gasteiger partial charge is 0.478 e. The summed E-state index contributed by atoms with van der Waals surface area (Å²) in [5, 5.41) is 16.3. The first-order valence-corrected chi connectivity index (χ1v) is 6.57.